The summed E-state index contributed by atoms with van der Waals surface area (Å²) in [4.78, 5) is 24.5. The molecule has 0 aliphatic heterocycles. The van der Waals surface area contributed by atoms with Crippen LogP contribution in [0.3, 0.4) is 0 Å². The average molecular weight is 334 g/mol. The van der Waals surface area contributed by atoms with Crippen molar-refractivity contribution in [2.24, 2.45) is 5.73 Å². The van der Waals surface area contributed by atoms with Crippen molar-refractivity contribution in [1.29, 1.82) is 0 Å². The van der Waals surface area contributed by atoms with Gasteiger partial charge in [0.1, 0.15) is 11.6 Å². The fourth-order valence-electron chi connectivity index (χ4n) is 2.52. The summed E-state index contributed by atoms with van der Waals surface area (Å²) in [5.74, 6) is 1.06. The number of nitrogens with two attached hydrogens (primary N) is 1. The van der Waals surface area contributed by atoms with Gasteiger partial charge in [0.25, 0.3) is 0 Å². The third-order valence-corrected chi connectivity index (χ3v) is 3.92. The molecule has 0 aliphatic rings. The number of hydrogen-bond acceptors (Lipinski definition) is 5. The lowest BCUT2D eigenvalue weighted by Crippen LogP contribution is -2.15. The minimum atomic E-state index is -0.513. The number of nitrogens with zero attached hydrogens (tertiary/aromatic N) is 3. The number of carbonyl (C=O) groups is 1. The molecule has 2 heterocycles. The lowest BCUT2D eigenvalue weighted by atomic mass is 9.90. The zero-order valence-electron chi connectivity index (χ0n) is 14.0. The number of rotatable bonds is 5. The molecule has 1 aromatic carbocycles. The molecule has 0 radical (unpaired) electrons. The summed E-state index contributed by atoms with van der Waals surface area (Å²) in [6.45, 7) is 3.81. The zero-order chi connectivity index (χ0) is 17.8. The van der Waals surface area contributed by atoms with E-state index in [0.29, 0.717) is 23.0 Å². The van der Waals surface area contributed by atoms with Crippen molar-refractivity contribution in [3.8, 4) is 11.6 Å². The number of ether oxygens (including phenoxy) is 1. The van der Waals surface area contributed by atoms with Crippen molar-refractivity contribution >= 4 is 5.91 Å². The Morgan fingerprint density at radius 2 is 1.88 bits per heavy atom. The van der Waals surface area contributed by atoms with Crippen LogP contribution in [0.4, 0.5) is 0 Å². The second-order valence-corrected chi connectivity index (χ2v) is 5.67. The molecule has 0 aliphatic carbocycles. The van der Waals surface area contributed by atoms with E-state index in [2.05, 4.69) is 15.0 Å². The minimum Gasteiger partial charge on any atom is -0.439 e. The van der Waals surface area contributed by atoms with Gasteiger partial charge < -0.3 is 10.5 Å². The van der Waals surface area contributed by atoms with Crippen molar-refractivity contribution in [3.63, 3.8) is 0 Å². The van der Waals surface area contributed by atoms with Crippen LogP contribution in [0.1, 0.15) is 40.2 Å². The number of pyridine rings is 1. The van der Waals surface area contributed by atoms with Gasteiger partial charge in [-0.15, -0.1) is 0 Å². The first-order valence-corrected chi connectivity index (χ1v) is 7.86. The molecule has 2 N–H and O–H groups in total. The Balaban J connectivity index is 1.94. The van der Waals surface area contributed by atoms with Gasteiger partial charge in [-0.25, -0.2) is 15.0 Å². The van der Waals surface area contributed by atoms with Gasteiger partial charge in [0.05, 0.1) is 0 Å². The lowest BCUT2D eigenvalue weighted by molar-refractivity contribution is 0.0999. The van der Waals surface area contributed by atoms with Crippen LogP contribution in [-0.4, -0.2) is 20.9 Å². The fraction of sp³-hybridized carbons (Fsp3) is 0.158. The molecule has 6 heteroatoms. The first kappa shape index (κ1) is 16.6. The normalized spacial score (nSPS) is 11.8. The molecule has 0 fully saturated rings. The standard InChI is InChI=1S/C19H18N4O2/c1-12(14-10-22-13(2)23-11-14)16-7-6-15(9-17(16)19(20)24)25-18-5-3-4-8-21-18/h3-12H,1-2H3,(H2,20,24)/t12-/m0/s1. The maximum absolute atomic E-state index is 11.9. The quantitative estimate of drug-likeness (QED) is 0.773. The van der Waals surface area contributed by atoms with E-state index in [1.807, 2.05) is 26.0 Å². The Morgan fingerprint density at radius 3 is 2.52 bits per heavy atom. The number of carbonyl (C=O) groups excluding carboxylic acids is 1. The summed E-state index contributed by atoms with van der Waals surface area (Å²) >= 11 is 0. The highest BCUT2D eigenvalue weighted by Gasteiger charge is 2.18. The molecule has 3 aromatic rings. The van der Waals surface area contributed by atoms with E-state index >= 15 is 0 Å². The molecule has 6 nitrogen and oxygen atoms in total. The van der Waals surface area contributed by atoms with Crippen molar-refractivity contribution in [2.75, 3.05) is 0 Å². The van der Waals surface area contributed by atoms with Crippen molar-refractivity contribution in [2.45, 2.75) is 19.8 Å². The van der Waals surface area contributed by atoms with E-state index in [0.717, 1.165) is 11.1 Å². The number of aromatic nitrogens is 3. The van der Waals surface area contributed by atoms with E-state index in [9.17, 15) is 4.79 Å². The Hall–Kier alpha value is -3.28. The molecule has 2 aromatic heterocycles. The predicted octanol–water partition coefficient (Wildman–Crippen LogP) is 3.22. The predicted molar refractivity (Wildman–Crippen MR) is 93.6 cm³/mol. The van der Waals surface area contributed by atoms with Gasteiger partial charge >= 0.3 is 0 Å². The lowest BCUT2D eigenvalue weighted by Gasteiger charge is -2.16. The monoisotopic (exact) mass is 334 g/mol. The van der Waals surface area contributed by atoms with Crippen LogP contribution in [0.15, 0.2) is 55.0 Å². The molecule has 25 heavy (non-hydrogen) atoms. The Kier molecular flexibility index (Phi) is 4.70. The number of hydrogen-bond donors (Lipinski definition) is 1. The third kappa shape index (κ3) is 3.80. The van der Waals surface area contributed by atoms with Crippen LogP contribution >= 0.6 is 0 Å². The maximum Gasteiger partial charge on any atom is 0.249 e. The second-order valence-electron chi connectivity index (χ2n) is 5.67. The molecule has 3 rings (SSSR count). The van der Waals surface area contributed by atoms with E-state index in [-0.39, 0.29) is 5.92 Å². The highest BCUT2D eigenvalue weighted by atomic mass is 16.5. The van der Waals surface area contributed by atoms with Gasteiger partial charge in [0, 0.05) is 36.1 Å². The van der Waals surface area contributed by atoms with Gasteiger partial charge in [0.15, 0.2) is 0 Å². The highest BCUT2D eigenvalue weighted by molar-refractivity contribution is 5.95. The molecular weight excluding hydrogens is 316 g/mol. The largest absolute Gasteiger partial charge is 0.439 e. The summed E-state index contributed by atoms with van der Waals surface area (Å²) in [5, 5.41) is 0. The number of aryl methyl sites for hydroxylation is 1. The second kappa shape index (κ2) is 7.09. The van der Waals surface area contributed by atoms with Crippen LogP contribution < -0.4 is 10.5 Å². The van der Waals surface area contributed by atoms with Crippen LogP contribution in [0.25, 0.3) is 0 Å². The first-order chi connectivity index (χ1) is 12.0. The number of amides is 1. The molecule has 1 amide bonds. The van der Waals surface area contributed by atoms with Crippen molar-refractivity contribution < 1.29 is 9.53 Å². The molecule has 1 atom stereocenters. The number of benzene rings is 1. The van der Waals surface area contributed by atoms with Gasteiger partial charge in [-0.2, -0.15) is 0 Å². The summed E-state index contributed by atoms with van der Waals surface area (Å²) in [6, 6.07) is 10.6. The van der Waals surface area contributed by atoms with Crippen LogP contribution in [0.5, 0.6) is 11.6 Å². The van der Waals surface area contributed by atoms with Gasteiger partial charge in [-0.1, -0.05) is 19.1 Å². The molecule has 0 saturated heterocycles. The van der Waals surface area contributed by atoms with Crippen LogP contribution in [0, 0.1) is 6.92 Å². The molecular formula is C19H18N4O2. The minimum absolute atomic E-state index is 0.0769. The Morgan fingerprint density at radius 1 is 1.12 bits per heavy atom. The van der Waals surface area contributed by atoms with Gasteiger partial charge in [0.2, 0.25) is 11.8 Å². The molecule has 0 bridgehead atoms. The zero-order valence-corrected chi connectivity index (χ0v) is 14.0. The molecule has 0 saturated carbocycles. The molecule has 126 valence electrons. The van der Waals surface area contributed by atoms with E-state index in [4.69, 9.17) is 10.5 Å². The fourth-order valence-corrected chi connectivity index (χ4v) is 2.52. The molecule has 0 unspecified atom stereocenters. The Labute approximate surface area is 145 Å². The SMILES string of the molecule is Cc1ncc([C@H](C)c2ccc(Oc3ccccn3)cc2C(N)=O)cn1. The van der Waals surface area contributed by atoms with Crippen LogP contribution in [-0.2, 0) is 0 Å². The molecule has 0 spiro atoms. The van der Waals surface area contributed by atoms with Crippen molar-refractivity contribution in [1.82, 2.24) is 15.0 Å². The van der Waals surface area contributed by atoms with E-state index in [1.54, 1.807) is 42.9 Å². The highest BCUT2D eigenvalue weighted by Crippen LogP contribution is 2.30. The Bertz CT molecular complexity index is 880. The van der Waals surface area contributed by atoms with E-state index in [1.165, 1.54) is 0 Å². The topological polar surface area (TPSA) is 91.0 Å². The first-order valence-electron chi connectivity index (χ1n) is 7.86. The van der Waals surface area contributed by atoms with Gasteiger partial charge in [-0.3, -0.25) is 4.79 Å². The summed E-state index contributed by atoms with van der Waals surface area (Å²) in [6.07, 6.45) is 5.16. The number of primary amides is 1. The summed E-state index contributed by atoms with van der Waals surface area (Å²) in [5.41, 5.74) is 7.69. The summed E-state index contributed by atoms with van der Waals surface area (Å²) in [7, 11) is 0. The smallest absolute Gasteiger partial charge is 0.249 e. The van der Waals surface area contributed by atoms with Crippen LogP contribution in [0.2, 0.25) is 0 Å². The van der Waals surface area contributed by atoms with Gasteiger partial charge in [-0.05, 0) is 36.2 Å². The maximum atomic E-state index is 11.9. The van der Waals surface area contributed by atoms with E-state index < -0.39 is 5.91 Å². The third-order valence-electron chi connectivity index (χ3n) is 3.92. The van der Waals surface area contributed by atoms with Crippen molar-refractivity contribution in [3.05, 3.63) is 77.5 Å². The average Bonchev–Trinajstić information content (AvgIpc) is 2.62. The summed E-state index contributed by atoms with van der Waals surface area (Å²) < 4.78 is 5.68.